The highest BCUT2D eigenvalue weighted by atomic mass is 32.2. The Kier molecular flexibility index (Phi) is 70.1. The molecule has 0 aromatic rings. The van der Waals surface area contributed by atoms with E-state index >= 15 is 0 Å². The van der Waals surface area contributed by atoms with Gasteiger partial charge in [-0.2, -0.15) is 0 Å². The number of ether oxygens (including phenoxy) is 5. The first-order chi connectivity index (χ1) is 51.3. The minimum Gasteiger partial charge on any atom is -0.382 e. The van der Waals surface area contributed by atoms with Crippen LogP contribution in [-0.2, 0) is 69.5 Å². The zero-order chi connectivity index (χ0) is 77.8. The third-order valence-corrected chi connectivity index (χ3v) is 25.5. The minimum atomic E-state index is -3.28. The number of thioether (sulfide) groups is 1. The second-order valence-corrected chi connectivity index (χ2v) is 37.8. The molecule has 3 fully saturated rings. The molecule has 3 rings (SSSR count). The minimum absolute atomic E-state index is 0.0104. The number of carbonyl (C=O) groups is 2. The molecule has 0 aliphatic carbocycles. The lowest BCUT2D eigenvalue weighted by Crippen LogP contribution is -2.34. The van der Waals surface area contributed by atoms with E-state index < -0.39 is 54.7 Å². The summed E-state index contributed by atoms with van der Waals surface area (Å²) in [4.78, 5) is 66.4. The standard InChI is InChI=1S/C41H84.C25H47NO12P2S.C14H31NO7P2/c1-3-5-7-9-11-13-15-17-19-21-23-25-27-29-31-33-35-37-39-41-40-38-36-34-32-30-28-26-24-22-20-18-16-14-12-10-8-6-4-2;1-31-14-15-34-17-16-33-13-10-26-24(27)19-23(25(26)28)41-18-8-6-5-7-11-36-40(4,30)37-20-22-21(9-12-35-22)38-39(3,29)32-2;1-18-23(2,16)21-12-14-13(8-11-19-14)22-24(3,17)20-10-7-5-4-6-9-15/h3-41H2,1-2H3;21-23,29-30H,3-20H2,1-2H3;13-14,16-17H,2-12,15H2,1H3. The van der Waals surface area contributed by atoms with Gasteiger partial charge < -0.3 is 85.2 Å². The number of hydrogen-bond donors (Lipinski definition) is 5. The van der Waals surface area contributed by atoms with E-state index in [4.69, 9.17) is 65.6 Å². The van der Waals surface area contributed by atoms with Gasteiger partial charge in [0.15, 0.2) is 0 Å². The van der Waals surface area contributed by atoms with E-state index in [1.165, 1.54) is 281 Å². The first kappa shape index (κ1) is 104. The summed E-state index contributed by atoms with van der Waals surface area (Å²) in [5, 5.41) is -0.334. The van der Waals surface area contributed by atoms with E-state index in [9.17, 15) is 29.2 Å². The zero-order valence-electron chi connectivity index (χ0n) is 68.1. The number of carbonyl (C=O) groups excluding carboxylic acids is 2. The average molecular weight is 1610 g/mol. The van der Waals surface area contributed by atoms with Crippen molar-refractivity contribution in [1.29, 1.82) is 0 Å². The van der Waals surface area contributed by atoms with Crippen molar-refractivity contribution < 1.29 is 89.0 Å². The monoisotopic (exact) mass is 1610 g/mol. The van der Waals surface area contributed by atoms with E-state index in [0.717, 1.165) is 57.1 Å². The van der Waals surface area contributed by atoms with Crippen molar-refractivity contribution in [2.24, 2.45) is 5.73 Å². The molecule has 9 unspecified atom stereocenters. The molecule has 0 aromatic carbocycles. The number of nitrogens with two attached hydrogens (primary N) is 1. The van der Waals surface area contributed by atoms with Gasteiger partial charge in [0.25, 0.3) is 0 Å². The van der Waals surface area contributed by atoms with Crippen molar-refractivity contribution in [3.05, 3.63) is 0 Å². The SMILES string of the molecule is C=P(O)(OC)OCC1OCCC1OP(=C)(O)OCCCCCCN.C=P(O)(OCCCCCCSC1CC(=O)N(CCOCCOCCOC)C1=O)OCC1OCCC1OP(=C)(O)OC.CCCCCCCCCCCCCCCCCCCCCCCCCCCCCCCCCCCCCCCCC. The van der Waals surface area contributed by atoms with Crippen molar-refractivity contribution in [1.82, 2.24) is 4.90 Å². The predicted octanol–water partition coefficient (Wildman–Crippen LogP) is 20.3. The van der Waals surface area contributed by atoms with Crippen LogP contribution in [0.3, 0.4) is 0 Å². The van der Waals surface area contributed by atoms with Gasteiger partial charge in [0, 0.05) is 53.8 Å². The fraction of sp³-hybridized carbons (Fsp3) is 0.925. The Morgan fingerprint density at radius 2 is 0.745 bits per heavy atom. The van der Waals surface area contributed by atoms with Gasteiger partial charge in [-0.3, -0.25) is 14.5 Å². The highest BCUT2D eigenvalue weighted by Gasteiger charge is 2.39. The third kappa shape index (κ3) is 62.3. The lowest BCUT2D eigenvalue weighted by molar-refractivity contribution is -0.139. The van der Waals surface area contributed by atoms with Crippen LogP contribution >= 0.6 is 42.0 Å². The molecule has 2 amide bonds. The van der Waals surface area contributed by atoms with Gasteiger partial charge in [-0.1, -0.05) is 290 Å². The third-order valence-electron chi connectivity index (χ3n) is 19.6. The number of nitrogens with zero attached hydrogens (tertiary/aromatic N) is 1. The van der Waals surface area contributed by atoms with Crippen LogP contribution in [0.5, 0.6) is 0 Å². The van der Waals surface area contributed by atoms with Crippen molar-refractivity contribution in [2.45, 2.75) is 365 Å². The molecule has 0 bridgehead atoms. The highest BCUT2D eigenvalue weighted by molar-refractivity contribution is 8.00. The van der Waals surface area contributed by atoms with E-state index in [2.05, 4.69) is 39.0 Å². The second-order valence-electron chi connectivity index (χ2n) is 29.2. The van der Waals surface area contributed by atoms with E-state index in [0.29, 0.717) is 78.8 Å². The molecule has 21 nitrogen and oxygen atoms in total. The molecular formula is C80H162N2O19P4S. The van der Waals surface area contributed by atoms with Gasteiger partial charge in [0.2, 0.25) is 42.1 Å². The maximum atomic E-state index is 12.6. The number of unbranched alkanes of at least 4 members (excludes halogenated alkanes) is 44. The van der Waals surface area contributed by atoms with Gasteiger partial charge in [-0.25, -0.2) is 0 Å². The van der Waals surface area contributed by atoms with Crippen LogP contribution in [-0.4, -0.2) is 204 Å². The number of methoxy groups -OCH3 is 1. The van der Waals surface area contributed by atoms with Gasteiger partial charge in [0.1, 0.15) is 12.2 Å². The first-order valence-electron chi connectivity index (χ1n) is 42.2. The summed E-state index contributed by atoms with van der Waals surface area (Å²) in [6, 6.07) is 0. The Balaban J connectivity index is 0.000000824. The zero-order valence-corrected chi connectivity index (χ0v) is 72.5. The lowest BCUT2D eigenvalue weighted by Gasteiger charge is -2.26. The average Bonchev–Trinajstić information content (AvgIpc) is 1.70. The van der Waals surface area contributed by atoms with Gasteiger partial charge in [0.05, 0.1) is 83.5 Å². The normalized spacial score (nSPS) is 19.8. The van der Waals surface area contributed by atoms with Crippen LogP contribution in [0.2, 0.25) is 0 Å². The molecule has 6 N–H and O–H groups in total. The van der Waals surface area contributed by atoms with Gasteiger partial charge >= 0.3 is 0 Å². The lowest BCUT2D eigenvalue weighted by atomic mass is 10.0. The number of rotatable bonds is 75. The van der Waals surface area contributed by atoms with Crippen molar-refractivity contribution in [2.75, 3.05) is 113 Å². The largest absolute Gasteiger partial charge is 0.382 e. The quantitative estimate of drug-likeness (QED) is 0.0215. The van der Waals surface area contributed by atoms with E-state index in [-0.39, 0.29) is 43.2 Å². The molecule has 632 valence electrons. The number of amides is 2. The molecule has 0 saturated carbocycles. The van der Waals surface area contributed by atoms with Crippen LogP contribution in [0, 0.1) is 0 Å². The molecule has 0 spiro atoms. The Morgan fingerprint density at radius 1 is 0.415 bits per heavy atom. The summed E-state index contributed by atoms with van der Waals surface area (Å²) in [5.74, 6) is 0.482. The topological polar surface area (TPSA) is 264 Å². The van der Waals surface area contributed by atoms with Crippen LogP contribution < -0.4 is 5.73 Å². The maximum Gasteiger partial charge on any atom is 0.248 e. The first-order valence-corrected chi connectivity index (χ1v) is 50.3. The molecule has 0 radical (unpaired) electrons. The summed E-state index contributed by atoms with van der Waals surface area (Å²) in [5.41, 5.74) is 5.43. The van der Waals surface area contributed by atoms with Crippen LogP contribution in [0.1, 0.15) is 335 Å². The molecule has 3 heterocycles. The Labute approximate surface area is 652 Å². The highest BCUT2D eigenvalue weighted by Crippen LogP contribution is 2.49. The second kappa shape index (κ2) is 71.5. The van der Waals surface area contributed by atoms with Crippen molar-refractivity contribution in [3.8, 4) is 0 Å². The maximum absolute atomic E-state index is 12.6. The number of hydrogen-bond acceptors (Lipinski definition) is 21. The van der Waals surface area contributed by atoms with Crippen LogP contribution in [0.4, 0.5) is 0 Å². The van der Waals surface area contributed by atoms with E-state index in [1.54, 1.807) is 7.11 Å². The van der Waals surface area contributed by atoms with E-state index in [1.807, 2.05) is 0 Å². The fourth-order valence-electron chi connectivity index (χ4n) is 12.9. The summed E-state index contributed by atoms with van der Waals surface area (Å²) in [7, 11) is -8.43. The molecule has 26 heteroatoms. The summed E-state index contributed by atoms with van der Waals surface area (Å²) in [6.07, 6.45) is 79.0. The Hall–Kier alpha value is -0.0300. The summed E-state index contributed by atoms with van der Waals surface area (Å²) in [6.45, 7) is 9.39. The van der Waals surface area contributed by atoms with Crippen LogP contribution in [0.15, 0.2) is 0 Å². The number of likely N-dealkylation sites (tertiary alicyclic amines) is 1. The molecule has 106 heavy (non-hydrogen) atoms. The Bertz CT molecular complexity index is 2180. The summed E-state index contributed by atoms with van der Waals surface area (Å²) >= 11 is 1.52. The van der Waals surface area contributed by atoms with Gasteiger partial charge in [-0.05, 0) is 63.2 Å². The molecule has 3 aliphatic heterocycles. The Morgan fingerprint density at radius 3 is 1.12 bits per heavy atom. The predicted molar refractivity (Wildman–Crippen MR) is 450 cm³/mol. The molecule has 0 aromatic heterocycles. The van der Waals surface area contributed by atoms with Gasteiger partial charge in [-0.15, -0.1) is 11.8 Å². The fourth-order valence-corrected chi connectivity index (χ4v) is 17.3. The van der Waals surface area contributed by atoms with Crippen LogP contribution in [0.25, 0.3) is 0 Å². The molecule has 9 atom stereocenters. The number of imide groups is 1. The summed E-state index contributed by atoms with van der Waals surface area (Å²) < 4.78 is 69.1. The van der Waals surface area contributed by atoms with Crippen molar-refractivity contribution >= 4 is 79.0 Å². The van der Waals surface area contributed by atoms with Crippen molar-refractivity contribution in [3.63, 3.8) is 0 Å². The molecule has 3 aliphatic rings. The molecular weight excluding hydrogens is 1450 g/mol. The molecule has 3 saturated heterocycles. The smallest absolute Gasteiger partial charge is 0.248 e.